The summed E-state index contributed by atoms with van der Waals surface area (Å²) >= 11 is 0. The average molecular weight is 226 g/mol. The molecule has 0 saturated carbocycles. The zero-order valence-electron chi connectivity index (χ0n) is 9.27. The predicted octanol–water partition coefficient (Wildman–Crippen LogP) is 0.301. The zero-order chi connectivity index (χ0) is 12.3. The molecule has 1 heterocycles. The van der Waals surface area contributed by atoms with Crippen LogP contribution >= 0.6 is 0 Å². The molecule has 0 unspecified atom stereocenters. The predicted molar refractivity (Wildman–Crippen MR) is 56.5 cm³/mol. The molecule has 0 aliphatic rings. The number of carbonyl (C=O) groups excluding carboxylic acids is 1. The lowest BCUT2D eigenvalue weighted by atomic mass is 9.86. The first-order valence-electron chi connectivity index (χ1n) is 4.94. The van der Waals surface area contributed by atoms with Crippen LogP contribution in [0.4, 0.5) is 4.39 Å². The highest BCUT2D eigenvalue weighted by Crippen LogP contribution is 2.24. The minimum absolute atomic E-state index is 0.112. The summed E-state index contributed by atoms with van der Waals surface area (Å²) in [6, 6.07) is 1.40. The van der Waals surface area contributed by atoms with Crippen LogP contribution < -0.4 is 11.5 Å². The van der Waals surface area contributed by atoms with Gasteiger partial charge in [0.2, 0.25) is 5.91 Å². The molecular formula is C10H15FN4O. The summed E-state index contributed by atoms with van der Waals surface area (Å²) in [6.45, 7) is 3.78. The number of aromatic nitrogens is 2. The molecule has 6 heteroatoms. The Morgan fingerprint density at radius 1 is 1.62 bits per heavy atom. The Bertz CT molecular complexity index is 396. The van der Waals surface area contributed by atoms with Crippen molar-refractivity contribution in [1.29, 1.82) is 0 Å². The molecule has 5 nitrogen and oxygen atoms in total. The molecule has 1 amide bonds. The molecule has 0 radical (unpaired) electrons. The summed E-state index contributed by atoms with van der Waals surface area (Å²) in [7, 11) is 0. The van der Waals surface area contributed by atoms with Crippen molar-refractivity contribution in [3.05, 3.63) is 24.0 Å². The Morgan fingerprint density at radius 2 is 2.25 bits per heavy atom. The molecule has 1 aromatic rings. The van der Waals surface area contributed by atoms with Crippen LogP contribution in [0.2, 0.25) is 0 Å². The van der Waals surface area contributed by atoms with Gasteiger partial charge >= 0.3 is 6.08 Å². The Labute approximate surface area is 93.1 Å². The second-order valence-electron chi connectivity index (χ2n) is 4.14. The fraction of sp³-hybridized carbons (Fsp3) is 0.500. The van der Waals surface area contributed by atoms with Crippen LogP contribution in [0.15, 0.2) is 12.3 Å². The third-order valence-corrected chi connectivity index (χ3v) is 2.25. The number of halogens is 1. The molecule has 1 rings (SSSR count). The van der Waals surface area contributed by atoms with E-state index in [9.17, 15) is 9.18 Å². The molecular weight excluding hydrogens is 211 g/mol. The first-order chi connectivity index (χ1) is 7.36. The summed E-state index contributed by atoms with van der Waals surface area (Å²) in [5.74, 6) is -0.588. The Kier molecular flexibility index (Phi) is 3.54. The van der Waals surface area contributed by atoms with Gasteiger partial charge in [0.05, 0.1) is 5.69 Å². The number of hydrogen-bond donors (Lipinski definition) is 2. The number of rotatable bonds is 4. The number of amides is 1. The second kappa shape index (κ2) is 4.52. The zero-order valence-corrected chi connectivity index (χ0v) is 9.27. The second-order valence-corrected chi connectivity index (χ2v) is 4.14. The van der Waals surface area contributed by atoms with Gasteiger partial charge in [-0.25, -0.2) is 9.97 Å². The first kappa shape index (κ1) is 12.5. The van der Waals surface area contributed by atoms with Crippen LogP contribution in [0.3, 0.4) is 0 Å². The first-order valence-corrected chi connectivity index (χ1v) is 4.94. The van der Waals surface area contributed by atoms with Gasteiger partial charge in [0, 0.05) is 6.20 Å². The highest BCUT2D eigenvalue weighted by molar-refractivity contribution is 5.85. The van der Waals surface area contributed by atoms with Crippen LogP contribution in [0.1, 0.15) is 26.0 Å². The molecule has 1 aromatic heterocycles. The lowest BCUT2D eigenvalue weighted by molar-refractivity contribution is -0.124. The van der Waals surface area contributed by atoms with Gasteiger partial charge in [-0.2, -0.15) is 4.39 Å². The van der Waals surface area contributed by atoms with Crippen molar-refractivity contribution in [1.82, 2.24) is 9.97 Å². The molecule has 0 bridgehead atoms. The summed E-state index contributed by atoms with van der Waals surface area (Å²) in [6.07, 6.45) is 0.596. The Morgan fingerprint density at radius 3 is 2.69 bits per heavy atom. The third-order valence-electron chi connectivity index (χ3n) is 2.25. The van der Waals surface area contributed by atoms with Gasteiger partial charge in [-0.3, -0.25) is 4.79 Å². The Hall–Kier alpha value is -1.56. The molecule has 0 spiro atoms. The van der Waals surface area contributed by atoms with Crippen LogP contribution in [-0.2, 0) is 10.3 Å². The van der Waals surface area contributed by atoms with Gasteiger partial charge in [-0.1, -0.05) is 13.8 Å². The Balaban J connectivity index is 3.16. The maximum atomic E-state index is 12.9. The van der Waals surface area contributed by atoms with E-state index in [1.807, 2.05) is 13.8 Å². The van der Waals surface area contributed by atoms with Crippen molar-refractivity contribution < 1.29 is 9.18 Å². The molecule has 4 N–H and O–H groups in total. The molecule has 0 fully saturated rings. The number of nitrogens with two attached hydrogens (primary N) is 2. The molecule has 0 aliphatic carbocycles. The lowest BCUT2D eigenvalue weighted by Crippen LogP contribution is -2.50. The standard InChI is InChI=1S/C10H15FN4O/c1-6(2)5-10(13,8(12)16)7-3-4-14-9(11)15-7/h3-4,6H,5,13H2,1-2H3,(H2,12,16)/t10-/m1/s1. The van der Waals surface area contributed by atoms with Gasteiger partial charge in [0.1, 0.15) is 5.54 Å². The van der Waals surface area contributed by atoms with Crippen molar-refractivity contribution in [3.8, 4) is 0 Å². The summed E-state index contributed by atoms with van der Waals surface area (Å²) in [4.78, 5) is 18.2. The molecule has 0 saturated heterocycles. The maximum absolute atomic E-state index is 12.9. The number of primary amides is 1. The maximum Gasteiger partial charge on any atom is 0.308 e. The molecule has 88 valence electrons. The van der Waals surface area contributed by atoms with Crippen molar-refractivity contribution in [3.63, 3.8) is 0 Å². The molecule has 0 aromatic carbocycles. The van der Waals surface area contributed by atoms with Gasteiger partial charge in [-0.05, 0) is 18.4 Å². The smallest absolute Gasteiger partial charge is 0.308 e. The van der Waals surface area contributed by atoms with E-state index in [2.05, 4.69) is 9.97 Å². The summed E-state index contributed by atoms with van der Waals surface area (Å²) in [5, 5.41) is 0. The van der Waals surface area contributed by atoms with E-state index in [1.165, 1.54) is 12.3 Å². The lowest BCUT2D eigenvalue weighted by Gasteiger charge is -2.26. The van der Waals surface area contributed by atoms with Crippen molar-refractivity contribution in [2.24, 2.45) is 17.4 Å². The topological polar surface area (TPSA) is 94.9 Å². The number of nitrogens with zero attached hydrogens (tertiary/aromatic N) is 2. The average Bonchev–Trinajstić information content (AvgIpc) is 2.16. The largest absolute Gasteiger partial charge is 0.368 e. The van der Waals surface area contributed by atoms with Crippen LogP contribution in [0, 0.1) is 12.0 Å². The van der Waals surface area contributed by atoms with E-state index in [0.29, 0.717) is 6.42 Å². The van der Waals surface area contributed by atoms with E-state index in [0.717, 1.165) is 0 Å². The van der Waals surface area contributed by atoms with Gasteiger partial charge in [0.15, 0.2) is 0 Å². The minimum atomic E-state index is -1.45. The number of carbonyl (C=O) groups is 1. The minimum Gasteiger partial charge on any atom is -0.368 e. The van der Waals surface area contributed by atoms with Crippen molar-refractivity contribution >= 4 is 5.91 Å². The van der Waals surface area contributed by atoms with Crippen LogP contribution in [-0.4, -0.2) is 15.9 Å². The van der Waals surface area contributed by atoms with Gasteiger partial charge in [-0.15, -0.1) is 0 Å². The van der Waals surface area contributed by atoms with Gasteiger partial charge < -0.3 is 11.5 Å². The highest BCUT2D eigenvalue weighted by Gasteiger charge is 2.36. The third kappa shape index (κ3) is 2.52. The monoisotopic (exact) mass is 226 g/mol. The van der Waals surface area contributed by atoms with Crippen LogP contribution in [0.25, 0.3) is 0 Å². The van der Waals surface area contributed by atoms with E-state index >= 15 is 0 Å². The number of hydrogen-bond acceptors (Lipinski definition) is 4. The van der Waals surface area contributed by atoms with E-state index < -0.39 is 17.5 Å². The van der Waals surface area contributed by atoms with Gasteiger partial charge in [0.25, 0.3) is 0 Å². The summed E-state index contributed by atoms with van der Waals surface area (Å²) < 4.78 is 12.9. The normalized spacial score (nSPS) is 14.8. The quantitative estimate of drug-likeness (QED) is 0.722. The molecule has 16 heavy (non-hydrogen) atoms. The van der Waals surface area contributed by atoms with E-state index in [-0.39, 0.29) is 11.6 Å². The van der Waals surface area contributed by atoms with E-state index in [4.69, 9.17) is 11.5 Å². The highest BCUT2D eigenvalue weighted by atomic mass is 19.1. The molecule has 1 atom stereocenters. The molecule has 0 aliphatic heterocycles. The van der Waals surface area contributed by atoms with Crippen LogP contribution in [0.5, 0.6) is 0 Å². The fourth-order valence-electron chi connectivity index (χ4n) is 1.56. The van der Waals surface area contributed by atoms with Crippen molar-refractivity contribution in [2.75, 3.05) is 0 Å². The summed E-state index contributed by atoms with van der Waals surface area (Å²) in [5.41, 5.74) is 9.82. The SMILES string of the molecule is CC(C)C[C@](N)(C(N)=O)c1ccnc(F)n1. The van der Waals surface area contributed by atoms with E-state index in [1.54, 1.807) is 0 Å². The fourth-order valence-corrected chi connectivity index (χ4v) is 1.56. The van der Waals surface area contributed by atoms with Crippen molar-refractivity contribution in [2.45, 2.75) is 25.8 Å².